The molecule has 0 radical (unpaired) electrons. The van der Waals surface area contributed by atoms with Crippen molar-refractivity contribution in [2.75, 3.05) is 6.61 Å². The molecule has 0 amide bonds. The van der Waals surface area contributed by atoms with Crippen molar-refractivity contribution in [1.82, 2.24) is 0 Å². The first-order valence-corrected chi connectivity index (χ1v) is 5.11. The number of halogens is 3. The Morgan fingerprint density at radius 2 is 2.06 bits per heavy atom. The van der Waals surface area contributed by atoms with Crippen molar-refractivity contribution in [3.63, 3.8) is 0 Å². The number of esters is 1. The van der Waals surface area contributed by atoms with Gasteiger partial charge in [-0.25, -0.2) is 4.79 Å². The van der Waals surface area contributed by atoms with Crippen LogP contribution in [0.1, 0.15) is 34.0 Å². The van der Waals surface area contributed by atoms with E-state index in [1.54, 1.807) is 6.07 Å². The zero-order chi connectivity index (χ0) is 13.9. The van der Waals surface area contributed by atoms with Crippen molar-refractivity contribution in [3.8, 4) is 6.07 Å². The molecule has 0 N–H and O–H groups in total. The van der Waals surface area contributed by atoms with E-state index in [1.165, 1.54) is 13.8 Å². The number of nitriles is 1. The number of alkyl halides is 3. The van der Waals surface area contributed by atoms with Gasteiger partial charge in [-0.2, -0.15) is 18.4 Å². The Hall–Kier alpha value is -2.03. The molecular weight excluding hydrogens is 247 g/mol. The minimum Gasteiger partial charge on any atom is -0.462 e. The Labute approximate surface area is 102 Å². The van der Waals surface area contributed by atoms with Gasteiger partial charge in [0, 0.05) is 0 Å². The molecule has 0 spiro atoms. The Morgan fingerprint density at radius 3 is 2.50 bits per heavy atom. The average Bonchev–Trinajstić information content (AvgIpc) is 2.27. The Kier molecular flexibility index (Phi) is 3.96. The Bertz CT molecular complexity index is 515. The molecule has 0 atom stereocenters. The fraction of sp³-hybridized carbons (Fsp3) is 0.333. The van der Waals surface area contributed by atoms with Crippen LogP contribution in [0.5, 0.6) is 0 Å². The number of nitrogens with zero attached hydrogens (tertiary/aromatic N) is 1. The SMILES string of the molecule is CCOC(=O)c1c(C(F)(F)F)ccc(C)c1C#N. The second-order valence-corrected chi connectivity index (χ2v) is 3.51. The molecular formula is C12H10F3NO2. The van der Waals surface area contributed by atoms with Crippen molar-refractivity contribution in [2.45, 2.75) is 20.0 Å². The number of aryl methyl sites for hydroxylation is 1. The van der Waals surface area contributed by atoms with Gasteiger partial charge < -0.3 is 4.74 Å². The molecule has 1 aromatic rings. The molecule has 96 valence electrons. The normalized spacial score (nSPS) is 10.9. The summed E-state index contributed by atoms with van der Waals surface area (Å²) in [5.41, 5.74) is -1.87. The van der Waals surface area contributed by atoms with Gasteiger partial charge in [-0.15, -0.1) is 0 Å². The standard InChI is InChI=1S/C12H10F3NO2/c1-3-18-11(17)10-8(6-16)7(2)4-5-9(10)12(13,14)15/h4-5H,3H2,1-2H3. The lowest BCUT2D eigenvalue weighted by atomic mass is 9.97. The van der Waals surface area contributed by atoms with Crippen molar-refractivity contribution < 1.29 is 22.7 Å². The highest BCUT2D eigenvalue weighted by molar-refractivity contribution is 5.94. The molecule has 0 aliphatic carbocycles. The van der Waals surface area contributed by atoms with Gasteiger partial charge in [0.25, 0.3) is 0 Å². The summed E-state index contributed by atoms with van der Waals surface area (Å²) in [7, 11) is 0. The summed E-state index contributed by atoms with van der Waals surface area (Å²) >= 11 is 0. The largest absolute Gasteiger partial charge is 0.462 e. The first-order chi connectivity index (χ1) is 8.32. The van der Waals surface area contributed by atoms with E-state index in [0.717, 1.165) is 12.1 Å². The predicted molar refractivity (Wildman–Crippen MR) is 56.9 cm³/mol. The van der Waals surface area contributed by atoms with Crippen molar-refractivity contribution >= 4 is 5.97 Å². The number of hydrogen-bond acceptors (Lipinski definition) is 3. The highest BCUT2D eigenvalue weighted by Crippen LogP contribution is 2.34. The summed E-state index contributed by atoms with van der Waals surface area (Å²) in [6.45, 7) is 2.88. The third-order valence-electron chi connectivity index (χ3n) is 2.31. The topological polar surface area (TPSA) is 50.1 Å². The number of rotatable bonds is 2. The van der Waals surface area contributed by atoms with E-state index in [4.69, 9.17) is 5.26 Å². The van der Waals surface area contributed by atoms with E-state index in [1.807, 2.05) is 0 Å². The van der Waals surface area contributed by atoms with Crippen LogP contribution in [0.2, 0.25) is 0 Å². The summed E-state index contributed by atoms with van der Waals surface area (Å²) in [6, 6.07) is 3.55. The van der Waals surface area contributed by atoms with Crippen molar-refractivity contribution in [3.05, 3.63) is 34.4 Å². The highest BCUT2D eigenvalue weighted by Gasteiger charge is 2.37. The maximum absolute atomic E-state index is 12.8. The second kappa shape index (κ2) is 5.08. The monoisotopic (exact) mass is 257 g/mol. The first kappa shape index (κ1) is 14.0. The highest BCUT2D eigenvalue weighted by atomic mass is 19.4. The molecule has 0 aromatic heterocycles. The van der Waals surface area contributed by atoms with Gasteiger partial charge in [0.15, 0.2) is 0 Å². The first-order valence-electron chi connectivity index (χ1n) is 5.11. The molecule has 0 aliphatic rings. The quantitative estimate of drug-likeness (QED) is 0.765. The van der Waals surface area contributed by atoms with E-state index >= 15 is 0 Å². The molecule has 0 aliphatic heterocycles. The maximum atomic E-state index is 12.8. The van der Waals surface area contributed by atoms with Crippen LogP contribution >= 0.6 is 0 Å². The fourth-order valence-electron chi connectivity index (χ4n) is 1.50. The molecule has 18 heavy (non-hydrogen) atoms. The number of benzene rings is 1. The van der Waals surface area contributed by atoms with Crippen LogP contribution in [0.4, 0.5) is 13.2 Å². The molecule has 0 fully saturated rings. The van der Waals surface area contributed by atoms with Crippen LogP contribution in [0, 0.1) is 18.3 Å². The number of carbonyl (C=O) groups is 1. The van der Waals surface area contributed by atoms with E-state index in [9.17, 15) is 18.0 Å². The van der Waals surface area contributed by atoms with Gasteiger partial charge in [0.2, 0.25) is 0 Å². The second-order valence-electron chi connectivity index (χ2n) is 3.51. The molecule has 1 aromatic carbocycles. The molecule has 0 unspecified atom stereocenters. The van der Waals surface area contributed by atoms with Crippen LogP contribution in [-0.4, -0.2) is 12.6 Å². The van der Waals surface area contributed by atoms with E-state index in [-0.39, 0.29) is 12.2 Å². The van der Waals surface area contributed by atoms with Crippen molar-refractivity contribution in [1.29, 1.82) is 5.26 Å². The lowest BCUT2D eigenvalue weighted by molar-refractivity contribution is -0.138. The van der Waals surface area contributed by atoms with Crippen LogP contribution in [-0.2, 0) is 10.9 Å². The van der Waals surface area contributed by atoms with Gasteiger partial charge in [-0.1, -0.05) is 6.07 Å². The van der Waals surface area contributed by atoms with Crippen LogP contribution in [0.15, 0.2) is 12.1 Å². The third-order valence-corrected chi connectivity index (χ3v) is 2.31. The molecule has 0 saturated heterocycles. The smallest absolute Gasteiger partial charge is 0.417 e. The number of carbonyl (C=O) groups excluding carboxylic acids is 1. The summed E-state index contributed by atoms with van der Waals surface area (Å²) in [4.78, 5) is 11.6. The van der Waals surface area contributed by atoms with Gasteiger partial charge in [-0.3, -0.25) is 0 Å². The summed E-state index contributed by atoms with van der Waals surface area (Å²) in [6.07, 6.45) is -4.71. The molecule has 0 saturated carbocycles. The van der Waals surface area contributed by atoms with E-state index in [0.29, 0.717) is 5.56 Å². The van der Waals surface area contributed by atoms with E-state index in [2.05, 4.69) is 4.74 Å². The molecule has 1 rings (SSSR count). The zero-order valence-electron chi connectivity index (χ0n) is 9.76. The lowest BCUT2D eigenvalue weighted by Crippen LogP contribution is -2.17. The summed E-state index contributed by atoms with van der Waals surface area (Å²) in [5.74, 6) is -1.13. The predicted octanol–water partition coefficient (Wildman–Crippen LogP) is 3.06. The van der Waals surface area contributed by atoms with Crippen LogP contribution < -0.4 is 0 Å². The van der Waals surface area contributed by atoms with Crippen LogP contribution in [0.25, 0.3) is 0 Å². The average molecular weight is 257 g/mol. The molecule has 0 heterocycles. The minimum atomic E-state index is -4.71. The minimum absolute atomic E-state index is 0.0606. The third kappa shape index (κ3) is 2.62. The van der Waals surface area contributed by atoms with Crippen LogP contribution in [0.3, 0.4) is 0 Å². The van der Waals surface area contributed by atoms with E-state index < -0.39 is 23.3 Å². The molecule has 6 heteroatoms. The van der Waals surface area contributed by atoms with Crippen molar-refractivity contribution in [2.24, 2.45) is 0 Å². The zero-order valence-corrected chi connectivity index (χ0v) is 9.76. The maximum Gasteiger partial charge on any atom is 0.417 e. The van der Waals surface area contributed by atoms with Gasteiger partial charge >= 0.3 is 12.1 Å². The Balaban J connectivity index is 3.56. The molecule has 0 bridgehead atoms. The summed E-state index contributed by atoms with van der Waals surface area (Å²) in [5, 5.41) is 8.88. The Morgan fingerprint density at radius 1 is 1.44 bits per heavy atom. The van der Waals surface area contributed by atoms with Gasteiger partial charge in [0.1, 0.15) is 6.07 Å². The van der Waals surface area contributed by atoms with Gasteiger partial charge in [-0.05, 0) is 25.5 Å². The number of hydrogen-bond donors (Lipinski definition) is 0. The lowest BCUT2D eigenvalue weighted by Gasteiger charge is -2.14. The van der Waals surface area contributed by atoms with Gasteiger partial charge in [0.05, 0.1) is 23.3 Å². The fourth-order valence-corrected chi connectivity index (χ4v) is 1.50. The molecule has 3 nitrogen and oxygen atoms in total. The number of ether oxygens (including phenoxy) is 1. The summed E-state index contributed by atoms with van der Waals surface area (Å²) < 4.78 is 42.9.